The van der Waals surface area contributed by atoms with Crippen LogP contribution in [0.5, 0.6) is 0 Å². The van der Waals surface area contributed by atoms with E-state index in [1.165, 1.54) is 5.56 Å². The molecular formula is C13H20N2O. The Balaban J connectivity index is 2.89. The van der Waals surface area contributed by atoms with E-state index in [0.29, 0.717) is 5.92 Å². The minimum absolute atomic E-state index is 0.348. The minimum atomic E-state index is -0.397. The van der Waals surface area contributed by atoms with Gasteiger partial charge in [0, 0.05) is 0 Å². The lowest BCUT2D eigenvalue weighted by Crippen LogP contribution is -2.31. The summed E-state index contributed by atoms with van der Waals surface area (Å²) in [5.41, 5.74) is 7.52. The van der Waals surface area contributed by atoms with Crippen molar-refractivity contribution in [3.8, 4) is 0 Å². The van der Waals surface area contributed by atoms with Crippen LogP contribution in [0.2, 0.25) is 0 Å². The van der Waals surface area contributed by atoms with Crippen LogP contribution in [0.3, 0.4) is 0 Å². The van der Waals surface area contributed by atoms with Crippen LogP contribution >= 0.6 is 0 Å². The highest BCUT2D eigenvalue weighted by Gasteiger charge is 2.15. The van der Waals surface area contributed by atoms with Crippen LogP contribution in [0.1, 0.15) is 43.4 Å². The first-order valence-electron chi connectivity index (χ1n) is 5.66. The summed E-state index contributed by atoms with van der Waals surface area (Å²) in [6.45, 7) is 4.36. The summed E-state index contributed by atoms with van der Waals surface area (Å²) in [4.78, 5) is 11.2. The number of hydrogen-bond acceptors (Lipinski definition) is 2. The van der Waals surface area contributed by atoms with E-state index in [1.807, 2.05) is 12.1 Å². The van der Waals surface area contributed by atoms with Gasteiger partial charge in [-0.05, 0) is 30.5 Å². The summed E-state index contributed by atoms with van der Waals surface area (Å²) in [6.07, 6.45) is 1.12. The summed E-state index contributed by atoms with van der Waals surface area (Å²) in [5, 5.41) is 2.91. The molecule has 16 heavy (non-hydrogen) atoms. The van der Waals surface area contributed by atoms with Crippen molar-refractivity contribution in [1.82, 2.24) is 5.32 Å². The molecule has 1 aromatic carbocycles. The molecule has 3 nitrogen and oxygen atoms in total. The highest BCUT2D eigenvalue weighted by Crippen LogP contribution is 2.21. The van der Waals surface area contributed by atoms with Gasteiger partial charge in [-0.25, -0.2) is 0 Å². The van der Waals surface area contributed by atoms with E-state index in [0.717, 1.165) is 12.0 Å². The predicted octanol–water partition coefficient (Wildman–Crippen LogP) is 1.95. The number of primary amides is 1. The Morgan fingerprint density at radius 1 is 1.31 bits per heavy atom. The van der Waals surface area contributed by atoms with Gasteiger partial charge < -0.3 is 11.1 Å². The smallest absolute Gasteiger partial charge is 0.239 e. The van der Waals surface area contributed by atoms with Crippen LogP contribution in [0.15, 0.2) is 24.3 Å². The number of nitrogens with one attached hydrogen (secondary N) is 1. The zero-order chi connectivity index (χ0) is 12.1. The average molecular weight is 220 g/mol. The molecule has 0 aliphatic carbocycles. The Morgan fingerprint density at radius 2 is 1.81 bits per heavy atom. The van der Waals surface area contributed by atoms with E-state index in [-0.39, 0.29) is 5.91 Å². The molecule has 0 spiro atoms. The first-order chi connectivity index (χ1) is 7.60. The monoisotopic (exact) mass is 220 g/mol. The molecule has 0 aromatic heterocycles. The molecule has 0 saturated carbocycles. The third kappa shape index (κ3) is 2.83. The van der Waals surface area contributed by atoms with Gasteiger partial charge in [0.05, 0.1) is 0 Å². The predicted molar refractivity (Wildman–Crippen MR) is 66.1 cm³/mol. The first-order valence-corrected chi connectivity index (χ1v) is 5.66. The van der Waals surface area contributed by atoms with E-state index < -0.39 is 6.04 Å². The van der Waals surface area contributed by atoms with E-state index in [4.69, 9.17) is 5.73 Å². The summed E-state index contributed by atoms with van der Waals surface area (Å²) < 4.78 is 0. The second-order valence-corrected chi connectivity index (χ2v) is 4.10. The van der Waals surface area contributed by atoms with Gasteiger partial charge >= 0.3 is 0 Å². The molecule has 2 atom stereocenters. The van der Waals surface area contributed by atoms with Crippen molar-refractivity contribution in [2.75, 3.05) is 7.05 Å². The molecule has 0 saturated heterocycles. The number of carbonyl (C=O) groups is 1. The highest BCUT2D eigenvalue weighted by molar-refractivity contribution is 5.81. The average Bonchev–Trinajstić information content (AvgIpc) is 2.29. The molecule has 1 rings (SSSR count). The lowest BCUT2D eigenvalue weighted by molar-refractivity contribution is -0.120. The number of rotatable bonds is 5. The van der Waals surface area contributed by atoms with Crippen LogP contribution in [0.4, 0.5) is 0 Å². The van der Waals surface area contributed by atoms with Crippen molar-refractivity contribution in [3.63, 3.8) is 0 Å². The number of benzene rings is 1. The largest absolute Gasteiger partial charge is 0.368 e. The number of carbonyl (C=O) groups excluding carboxylic acids is 1. The quantitative estimate of drug-likeness (QED) is 0.796. The van der Waals surface area contributed by atoms with E-state index >= 15 is 0 Å². The van der Waals surface area contributed by atoms with E-state index in [2.05, 4.69) is 31.3 Å². The van der Waals surface area contributed by atoms with Gasteiger partial charge in [-0.15, -0.1) is 0 Å². The Hall–Kier alpha value is -1.35. The van der Waals surface area contributed by atoms with Crippen molar-refractivity contribution in [3.05, 3.63) is 35.4 Å². The molecule has 0 radical (unpaired) electrons. The zero-order valence-corrected chi connectivity index (χ0v) is 10.2. The van der Waals surface area contributed by atoms with Gasteiger partial charge in [0.2, 0.25) is 5.91 Å². The van der Waals surface area contributed by atoms with Gasteiger partial charge in [0.25, 0.3) is 0 Å². The SMILES string of the molecule is CCC(C)c1ccc(C(NC)C(N)=O)cc1. The van der Waals surface area contributed by atoms with Crippen molar-refractivity contribution in [1.29, 1.82) is 0 Å². The van der Waals surface area contributed by atoms with Crippen LogP contribution in [-0.2, 0) is 4.79 Å². The summed E-state index contributed by atoms with van der Waals surface area (Å²) in [7, 11) is 1.73. The van der Waals surface area contributed by atoms with Gasteiger partial charge in [-0.1, -0.05) is 38.1 Å². The molecule has 0 fully saturated rings. The summed E-state index contributed by atoms with van der Waals surface area (Å²) in [6, 6.07) is 7.67. The van der Waals surface area contributed by atoms with Crippen LogP contribution in [0.25, 0.3) is 0 Å². The minimum Gasteiger partial charge on any atom is -0.368 e. The van der Waals surface area contributed by atoms with Crippen molar-refractivity contribution >= 4 is 5.91 Å². The first kappa shape index (κ1) is 12.7. The third-order valence-corrected chi connectivity index (χ3v) is 3.02. The highest BCUT2D eigenvalue weighted by atomic mass is 16.1. The topological polar surface area (TPSA) is 55.1 Å². The molecule has 0 bridgehead atoms. The second kappa shape index (κ2) is 5.66. The molecule has 3 heteroatoms. The van der Waals surface area contributed by atoms with Crippen molar-refractivity contribution < 1.29 is 4.79 Å². The fraction of sp³-hybridized carbons (Fsp3) is 0.462. The molecule has 3 N–H and O–H groups in total. The van der Waals surface area contributed by atoms with Crippen molar-refractivity contribution in [2.45, 2.75) is 32.2 Å². The standard InChI is InChI=1S/C13H20N2O/c1-4-9(2)10-5-7-11(8-6-10)12(15-3)13(14)16/h5-9,12,15H,4H2,1-3H3,(H2,14,16). The molecular weight excluding hydrogens is 200 g/mol. The molecule has 0 aliphatic rings. The lowest BCUT2D eigenvalue weighted by atomic mass is 9.96. The van der Waals surface area contributed by atoms with Gasteiger partial charge in [0.15, 0.2) is 0 Å². The number of nitrogens with two attached hydrogens (primary N) is 1. The van der Waals surface area contributed by atoms with Gasteiger partial charge in [-0.3, -0.25) is 4.79 Å². The maximum absolute atomic E-state index is 11.2. The third-order valence-electron chi connectivity index (χ3n) is 3.02. The zero-order valence-electron chi connectivity index (χ0n) is 10.2. The molecule has 2 unspecified atom stereocenters. The Morgan fingerprint density at radius 3 is 2.19 bits per heavy atom. The Kier molecular flexibility index (Phi) is 4.50. The van der Waals surface area contributed by atoms with Crippen LogP contribution in [0, 0.1) is 0 Å². The normalized spacial score (nSPS) is 14.4. The molecule has 88 valence electrons. The Labute approximate surface area is 97.0 Å². The molecule has 0 heterocycles. The summed E-state index contributed by atoms with van der Waals surface area (Å²) >= 11 is 0. The number of amides is 1. The summed E-state index contributed by atoms with van der Waals surface area (Å²) in [5.74, 6) is 0.203. The number of hydrogen-bond donors (Lipinski definition) is 2. The van der Waals surface area contributed by atoms with Crippen molar-refractivity contribution in [2.24, 2.45) is 5.73 Å². The fourth-order valence-electron chi connectivity index (χ4n) is 1.73. The Bertz CT molecular complexity index is 345. The second-order valence-electron chi connectivity index (χ2n) is 4.10. The molecule has 0 aliphatic heterocycles. The molecule has 1 amide bonds. The van der Waals surface area contributed by atoms with Gasteiger partial charge in [0.1, 0.15) is 6.04 Å². The fourth-order valence-corrected chi connectivity index (χ4v) is 1.73. The van der Waals surface area contributed by atoms with Crippen LogP contribution < -0.4 is 11.1 Å². The maximum atomic E-state index is 11.2. The maximum Gasteiger partial charge on any atom is 0.239 e. The number of likely N-dealkylation sites (N-methyl/N-ethyl adjacent to an activating group) is 1. The van der Waals surface area contributed by atoms with Crippen LogP contribution in [-0.4, -0.2) is 13.0 Å². The lowest BCUT2D eigenvalue weighted by Gasteiger charge is -2.14. The van der Waals surface area contributed by atoms with E-state index in [1.54, 1.807) is 7.05 Å². The van der Waals surface area contributed by atoms with Gasteiger partial charge in [-0.2, -0.15) is 0 Å². The molecule has 1 aromatic rings. The van der Waals surface area contributed by atoms with E-state index in [9.17, 15) is 4.79 Å².